The van der Waals surface area contributed by atoms with E-state index in [1.807, 2.05) is 60.0 Å². The molecule has 0 spiro atoms. The molecule has 1 amide bonds. The summed E-state index contributed by atoms with van der Waals surface area (Å²) in [6.45, 7) is 2.39. The number of thioether (sulfide) groups is 1. The summed E-state index contributed by atoms with van der Waals surface area (Å²) >= 11 is 1.33. The summed E-state index contributed by atoms with van der Waals surface area (Å²) in [6.07, 6.45) is 1.58. The molecule has 0 atom stereocenters. The van der Waals surface area contributed by atoms with Gasteiger partial charge in [0.05, 0.1) is 25.7 Å². The van der Waals surface area contributed by atoms with E-state index >= 15 is 0 Å². The van der Waals surface area contributed by atoms with Gasteiger partial charge in [-0.2, -0.15) is 0 Å². The quantitative estimate of drug-likeness (QED) is 0.418. The number of rotatable bonds is 8. The molecular formula is C23H22N4O3S. The second-order valence-electron chi connectivity index (χ2n) is 6.85. The molecule has 4 aromatic rings. The number of furan rings is 1. The summed E-state index contributed by atoms with van der Waals surface area (Å²) in [5, 5.41) is 12.3. The van der Waals surface area contributed by atoms with Crippen molar-refractivity contribution < 1.29 is 13.9 Å². The van der Waals surface area contributed by atoms with Crippen LogP contribution >= 0.6 is 11.8 Å². The van der Waals surface area contributed by atoms with Crippen LogP contribution in [0, 0.1) is 6.92 Å². The summed E-state index contributed by atoms with van der Waals surface area (Å²) in [6, 6.07) is 19.4. The van der Waals surface area contributed by atoms with Crippen molar-refractivity contribution in [3.05, 3.63) is 78.3 Å². The lowest BCUT2D eigenvalue weighted by molar-refractivity contribution is -0.118. The smallest absolute Gasteiger partial charge is 0.230 e. The number of aromatic nitrogens is 3. The van der Waals surface area contributed by atoms with E-state index < -0.39 is 0 Å². The van der Waals surface area contributed by atoms with E-state index in [-0.39, 0.29) is 11.7 Å². The van der Waals surface area contributed by atoms with E-state index in [9.17, 15) is 4.79 Å². The fraction of sp³-hybridized carbons (Fsp3) is 0.174. The van der Waals surface area contributed by atoms with E-state index in [4.69, 9.17) is 9.15 Å². The Morgan fingerprint density at radius 2 is 1.97 bits per heavy atom. The van der Waals surface area contributed by atoms with Gasteiger partial charge in [0.2, 0.25) is 5.91 Å². The number of ether oxygens (including phenoxy) is 1. The lowest BCUT2D eigenvalue weighted by Gasteiger charge is -2.11. The van der Waals surface area contributed by atoms with Crippen LogP contribution in [0.25, 0.3) is 17.1 Å². The molecular weight excluding hydrogens is 412 g/mol. The van der Waals surface area contributed by atoms with Gasteiger partial charge in [0.15, 0.2) is 11.0 Å². The predicted octanol–water partition coefficient (Wildman–Crippen LogP) is 4.25. The van der Waals surface area contributed by atoms with Gasteiger partial charge in [0.25, 0.3) is 0 Å². The van der Waals surface area contributed by atoms with Crippen LogP contribution in [0.1, 0.15) is 11.3 Å². The number of methoxy groups -OCH3 is 1. The highest BCUT2D eigenvalue weighted by molar-refractivity contribution is 7.99. The summed E-state index contributed by atoms with van der Waals surface area (Å²) in [7, 11) is 1.63. The molecule has 0 unspecified atom stereocenters. The van der Waals surface area contributed by atoms with Gasteiger partial charge in [0.1, 0.15) is 11.5 Å². The highest BCUT2D eigenvalue weighted by Crippen LogP contribution is 2.29. The van der Waals surface area contributed by atoms with Crippen molar-refractivity contribution in [2.45, 2.75) is 18.6 Å². The molecule has 0 fully saturated rings. The zero-order chi connectivity index (χ0) is 21.6. The zero-order valence-electron chi connectivity index (χ0n) is 17.2. The minimum Gasteiger partial charge on any atom is -0.497 e. The van der Waals surface area contributed by atoms with Gasteiger partial charge in [0, 0.05) is 11.3 Å². The maximum Gasteiger partial charge on any atom is 0.230 e. The summed E-state index contributed by atoms with van der Waals surface area (Å²) in [5.41, 5.74) is 2.98. The number of hydrogen-bond acceptors (Lipinski definition) is 6. The number of amides is 1. The van der Waals surface area contributed by atoms with Crippen LogP contribution in [-0.2, 0) is 11.3 Å². The number of carbonyl (C=O) groups excluding carboxylic acids is 1. The van der Waals surface area contributed by atoms with Crippen LogP contribution in [0.3, 0.4) is 0 Å². The number of aryl methyl sites for hydroxylation is 1. The molecule has 2 heterocycles. The fourth-order valence-electron chi connectivity index (χ4n) is 3.08. The number of carbonyl (C=O) groups is 1. The minimum atomic E-state index is -0.109. The summed E-state index contributed by atoms with van der Waals surface area (Å²) in [5.74, 6) is 2.29. The van der Waals surface area contributed by atoms with Gasteiger partial charge < -0.3 is 14.5 Å². The molecule has 0 radical (unpaired) electrons. The lowest BCUT2D eigenvalue weighted by Crippen LogP contribution is -2.24. The summed E-state index contributed by atoms with van der Waals surface area (Å²) < 4.78 is 12.5. The van der Waals surface area contributed by atoms with E-state index in [0.717, 1.165) is 22.6 Å². The van der Waals surface area contributed by atoms with Crippen LogP contribution in [0.2, 0.25) is 0 Å². The molecule has 31 heavy (non-hydrogen) atoms. The van der Waals surface area contributed by atoms with Gasteiger partial charge in [-0.05, 0) is 49.4 Å². The molecule has 0 saturated heterocycles. The third-order valence-corrected chi connectivity index (χ3v) is 5.54. The first kappa shape index (κ1) is 20.7. The monoisotopic (exact) mass is 434 g/mol. The highest BCUT2D eigenvalue weighted by atomic mass is 32.2. The predicted molar refractivity (Wildman–Crippen MR) is 119 cm³/mol. The molecule has 158 valence electrons. The number of benzene rings is 2. The third-order valence-electron chi connectivity index (χ3n) is 4.61. The third kappa shape index (κ3) is 4.97. The molecule has 2 aromatic carbocycles. The number of hydrogen-bond donors (Lipinski definition) is 1. The normalized spacial score (nSPS) is 10.8. The Labute approximate surface area is 184 Å². The molecule has 7 nitrogen and oxygen atoms in total. The van der Waals surface area contributed by atoms with Crippen molar-refractivity contribution >= 4 is 17.7 Å². The summed E-state index contributed by atoms with van der Waals surface area (Å²) in [4.78, 5) is 12.3. The fourth-order valence-corrected chi connectivity index (χ4v) is 3.86. The molecule has 0 aliphatic rings. The van der Waals surface area contributed by atoms with Crippen LogP contribution < -0.4 is 10.1 Å². The largest absolute Gasteiger partial charge is 0.497 e. The van der Waals surface area contributed by atoms with Crippen molar-refractivity contribution in [3.8, 4) is 22.8 Å². The Morgan fingerprint density at radius 1 is 1.13 bits per heavy atom. The average molecular weight is 435 g/mol. The SMILES string of the molecule is COc1ccc(-n2c(SCC(=O)NCc3ccco3)nnc2-c2cccc(C)c2)cc1. The molecule has 8 heteroatoms. The second-order valence-corrected chi connectivity index (χ2v) is 7.80. The van der Waals surface area contributed by atoms with Gasteiger partial charge in [-0.25, -0.2) is 0 Å². The second kappa shape index (κ2) is 9.53. The maximum atomic E-state index is 12.3. The zero-order valence-corrected chi connectivity index (χ0v) is 18.1. The first-order chi connectivity index (χ1) is 15.1. The van der Waals surface area contributed by atoms with Crippen molar-refractivity contribution in [1.29, 1.82) is 0 Å². The standard InChI is InChI=1S/C23H22N4O3S/c1-16-5-3-6-17(13-16)22-25-26-23(27(22)18-8-10-19(29-2)11-9-18)31-15-21(28)24-14-20-7-4-12-30-20/h3-13H,14-15H2,1-2H3,(H,24,28). The van der Waals surface area contributed by atoms with E-state index in [2.05, 4.69) is 21.6 Å². The molecule has 0 bridgehead atoms. The molecule has 0 aliphatic heterocycles. The molecule has 0 saturated carbocycles. The number of nitrogens with one attached hydrogen (secondary N) is 1. The Morgan fingerprint density at radius 3 is 2.68 bits per heavy atom. The van der Waals surface area contributed by atoms with Gasteiger partial charge in [-0.1, -0.05) is 35.5 Å². The topological polar surface area (TPSA) is 82.2 Å². The molecule has 1 N–H and O–H groups in total. The van der Waals surface area contributed by atoms with E-state index in [1.165, 1.54) is 11.8 Å². The van der Waals surface area contributed by atoms with Gasteiger partial charge >= 0.3 is 0 Å². The van der Waals surface area contributed by atoms with Crippen LogP contribution in [0.5, 0.6) is 5.75 Å². The molecule has 2 aromatic heterocycles. The average Bonchev–Trinajstić information content (AvgIpc) is 3.46. The van der Waals surface area contributed by atoms with Gasteiger partial charge in [-0.3, -0.25) is 9.36 Å². The Hall–Kier alpha value is -3.52. The van der Waals surface area contributed by atoms with Gasteiger partial charge in [-0.15, -0.1) is 10.2 Å². The van der Waals surface area contributed by atoms with Crippen molar-refractivity contribution in [2.75, 3.05) is 12.9 Å². The van der Waals surface area contributed by atoms with E-state index in [1.54, 1.807) is 19.4 Å². The minimum absolute atomic E-state index is 0.109. The lowest BCUT2D eigenvalue weighted by atomic mass is 10.1. The van der Waals surface area contributed by atoms with Crippen LogP contribution in [0.15, 0.2) is 76.5 Å². The van der Waals surface area contributed by atoms with Crippen molar-refractivity contribution in [1.82, 2.24) is 20.1 Å². The Bertz CT molecular complexity index is 1150. The van der Waals surface area contributed by atoms with Crippen LogP contribution in [0.4, 0.5) is 0 Å². The molecule has 0 aliphatic carbocycles. The van der Waals surface area contributed by atoms with Crippen LogP contribution in [-0.4, -0.2) is 33.5 Å². The molecule has 4 rings (SSSR count). The van der Waals surface area contributed by atoms with Crippen molar-refractivity contribution in [2.24, 2.45) is 0 Å². The Balaban J connectivity index is 1.58. The Kier molecular flexibility index (Phi) is 6.37. The first-order valence-corrected chi connectivity index (χ1v) is 10.7. The number of nitrogens with zero attached hydrogens (tertiary/aromatic N) is 3. The van der Waals surface area contributed by atoms with E-state index in [0.29, 0.717) is 23.3 Å². The highest BCUT2D eigenvalue weighted by Gasteiger charge is 2.17. The maximum absolute atomic E-state index is 12.3. The van der Waals surface area contributed by atoms with Crippen molar-refractivity contribution in [3.63, 3.8) is 0 Å². The first-order valence-electron chi connectivity index (χ1n) is 9.73.